The highest BCUT2D eigenvalue weighted by Crippen LogP contribution is 2.11. The van der Waals surface area contributed by atoms with Gasteiger partial charge in [0.15, 0.2) is 11.6 Å². The minimum absolute atomic E-state index is 0.0106. The van der Waals surface area contributed by atoms with Gasteiger partial charge in [-0.1, -0.05) is 0 Å². The molecule has 14 heavy (non-hydrogen) atoms. The van der Waals surface area contributed by atoms with Gasteiger partial charge in [0.05, 0.1) is 12.1 Å². The number of anilines is 1. The summed E-state index contributed by atoms with van der Waals surface area (Å²) >= 11 is 0. The molecule has 0 spiro atoms. The minimum Gasteiger partial charge on any atom is -0.380 e. The Labute approximate surface area is 83.3 Å². The average molecular weight is 198 g/mol. The summed E-state index contributed by atoms with van der Waals surface area (Å²) in [6, 6.07) is 2.95. The van der Waals surface area contributed by atoms with Gasteiger partial charge in [0.1, 0.15) is 0 Å². The van der Waals surface area contributed by atoms with Crippen LogP contribution < -0.4 is 5.32 Å². The van der Waals surface area contributed by atoms with Gasteiger partial charge in [0.25, 0.3) is 0 Å². The first-order valence-electron chi connectivity index (χ1n) is 4.55. The monoisotopic (exact) mass is 198 g/mol. The van der Waals surface area contributed by atoms with Crippen molar-refractivity contribution in [3.63, 3.8) is 0 Å². The Bertz CT molecular complexity index is 293. The molecular weight excluding hydrogens is 183 g/mol. The molecule has 0 saturated heterocycles. The molecule has 0 fully saturated rings. The lowest BCUT2D eigenvalue weighted by molar-refractivity contribution is 0.106. The van der Waals surface area contributed by atoms with E-state index in [4.69, 9.17) is 4.74 Å². The van der Waals surface area contributed by atoms with Gasteiger partial charge in [-0.05, 0) is 26.0 Å². The van der Waals surface area contributed by atoms with Crippen LogP contribution in [0.1, 0.15) is 13.8 Å². The zero-order valence-corrected chi connectivity index (χ0v) is 8.62. The molecule has 1 aromatic rings. The lowest BCUT2D eigenvalue weighted by atomic mass is 10.2. The van der Waals surface area contributed by atoms with Crippen LogP contribution in [0.15, 0.2) is 18.3 Å². The third-order valence-corrected chi connectivity index (χ3v) is 2.20. The molecule has 0 aliphatic rings. The van der Waals surface area contributed by atoms with Gasteiger partial charge in [-0.25, -0.2) is 9.37 Å². The van der Waals surface area contributed by atoms with Crippen LogP contribution in [-0.4, -0.2) is 24.2 Å². The van der Waals surface area contributed by atoms with Crippen molar-refractivity contribution in [3.05, 3.63) is 24.1 Å². The average Bonchev–Trinajstić information content (AvgIpc) is 2.20. The lowest BCUT2D eigenvalue weighted by Crippen LogP contribution is -2.30. The second kappa shape index (κ2) is 4.91. The highest BCUT2D eigenvalue weighted by Gasteiger charge is 2.12. The highest BCUT2D eigenvalue weighted by atomic mass is 19.1. The SMILES string of the molecule is COC(C)[C@@H](C)Nc1ncccc1F. The summed E-state index contributed by atoms with van der Waals surface area (Å²) in [5.41, 5.74) is 0. The predicted molar refractivity (Wildman–Crippen MR) is 53.8 cm³/mol. The molecule has 1 aromatic heterocycles. The second-order valence-electron chi connectivity index (χ2n) is 3.21. The number of halogens is 1. The molecule has 2 atom stereocenters. The summed E-state index contributed by atoms with van der Waals surface area (Å²) in [5.74, 6) is -0.0773. The topological polar surface area (TPSA) is 34.1 Å². The van der Waals surface area contributed by atoms with Crippen LogP contribution in [0.5, 0.6) is 0 Å². The summed E-state index contributed by atoms with van der Waals surface area (Å²) in [6.45, 7) is 3.83. The largest absolute Gasteiger partial charge is 0.380 e. The molecule has 1 unspecified atom stereocenters. The van der Waals surface area contributed by atoms with Crippen molar-refractivity contribution in [1.29, 1.82) is 0 Å². The molecule has 78 valence electrons. The van der Waals surface area contributed by atoms with Crippen LogP contribution >= 0.6 is 0 Å². The minimum atomic E-state index is -0.345. The first-order chi connectivity index (χ1) is 6.65. The fourth-order valence-electron chi connectivity index (χ4n) is 1.03. The fourth-order valence-corrected chi connectivity index (χ4v) is 1.03. The van der Waals surface area contributed by atoms with Gasteiger partial charge >= 0.3 is 0 Å². The number of nitrogens with zero attached hydrogens (tertiary/aromatic N) is 1. The van der Waals surface area contributed by atoms with Crippen molar-refractivity contribution < 1.29 is 9.13 Å². The summed E-state index contributed by atoms with van der Waals surface area (Å²) in [7, 11) is 1.62. The van der Waals surface area contributed by atoms with E-state index in [1.165, 1.54) is 6.07 Å². The molecule has 0 saturated carbocycles. The molecule has 0 aromatic carbocycles. The smallest absolute Gasteiger partial charge is 0.165 e. The van der Waals surface area contributed by atoms with Crippen molar-refractivity contribution in [1.82, 2.24) is 4.98 Å². The summed E-state index contributed by atoms with van der Waals surface area (Å²) in [6.07, 6.45) is 1.56. The molecule has 0 bridgehead atoms. The van der Waals surface area contributed by atoms with Crippen molar-refractivity contribution >= 4 is 5.82 Å². The summed E-state index contributed by atoms with van der Waals surface area (Å²) in [5, 5.41) is 2.95. The first-order valence-corrected chi connectivity index (χ1v) is 4.55. The molecule has 1 N–H and O–H groups in total. The number of aromatic nitrogens is 1. The van der Waals surface area contributed by atoms with E-state index in [1.807, 2.05) is 13.8 Å². The normalized spacial score (nSPS) is 14.9. The fraction of sp³-hybridized carbons (Fsp3) is 0.500. The second-order valence-corrected chi connectivity index (χ2v) is 3.21. The van der Waals surface area contributed by atoms with Crippen molar-refractivity contribution in [2.24, 2.45) is 0 Å². The Balaban J connectivity index is 2.64. The van der Waals surface area contributed by atoms with Crippen LogP contribution in [0.3, 0.4) is 0 Å². The number of pyridine rings is 1. The molecule has 0 radical (unpaired) electrons. The van der Waals surface area contributed by atoms with E-state index in [9.17, 15) is 4.39 Å². The lowest BCUT2D eigenvalue weighted by Gasteiger charge is -2.20. The number of hydrogen-bond donors (Lipinski definition) is 1. The van der Waals surface area contributed by atoms with Crippen LogP contribution in [0.25, 0.3) is 0 Å². The third kappa shape index (κ3) is 2.67. The van der Waals surface area contributed by atoms with Gasteiger partial charge < -0.3 is 10.1 Å². The number of hydrogen-bond acceptors (Lipinski definition) is 3. The molecule has 3 nitrogen and oxygen atoms in total. The number of methoxy groups -OCH3 is 1. The van der Waals surface area contributed by atoms with Gasteiger partial charge in [0, 0.05) is 13.3 Å². The summed E-state index contributed by atoms with van der Waals surface area (Å²) < 4.78 is 18.3. The van der Waals surface area contributed by atoms with Crippen molar-refractivity contribution in [3.8, 4) is 0 Å². The molecule has 4 heteroatoms. The molecule has 1 rings (SSSR count). The molecule has 1 heterocycles. The van der Waals surface area contributed by atoms with Gasteiger partial charge in [-0.15, -0.1) is 0 Å². The first kappa shape index (κ1) is 10.9. The zero-order valence-electron chi connectivity index (χ0n) is 8.62. The predicted octanol–water partition coefficient (Wildman–Crippen LogP) is 2.06. The zero-order chi connectivity index (χ0) is 10.6. The van der Waals surface area contributed by atoms with Crippen molar-refractivity contribution in [2.75, 3.05) is 12.4 Å². The molecule has 0 amide bonds. The van der Waals surface area contributed by atoms with E-state index in [0.717, 1.165) is 0 Å². The van der Waals surface area contributed by atoms with Gasteiger partial charge in [-0.2, -0.15) is 0 Å². The van der Waals surface area contributed by atoms with Crippen LogP contribution in [-0.2, 0) is 4.74 Å². The van der Waals surface area contributed by atoms with E-state index in [0.29, 0.717) is 0 Å². The van der Waals surface area contributed by atoms with Crippen LogP contribution in [0.2, 0.25) is 0 Å². The maximum Gasteiger partial charge on any atom is 0.165 e. The maximum atomic E-state index is 13.2. The van der Waals surface area contributed by atoms with Gasteiger partial charge in [0.2, 0.25) is 0 Å². The number of nitrogens with one attached hydrogen (secondary N) is 1. The van der Waals surface area contributed by atoms with Crippen molar-refractivity contribution in [2.45, 2.75) is 26.0 Å². The van der Waals surface area contributed by atoms with E-state index < -0.39 is 0 Å². The Hall–Kier alpha value is -1.16. The van der Waals surface area contributed by atoms with E-state index >= 15 is 0 Å². The van der Waals surface area contributed by atoms with Crippen LogP contribution in [0.4, 0.5) is 10.2 Å². The Morgan fingerprint density at radius 3 is 2.79 bits per heavy atom. The number of ether oxygens (including phenoxy) is 1. The Kier molecular flexibility index (Phi) is 3.83. The molecule has 0 aliphatic carbocycles. The maximum absolute atomic E-state index is 13.2. The third-order valence-electron chi connectivity index (χ3n) is 2.20. The van der Waals surface area contributed by atoms with E-state index in [1.54, 1.807) is 19.4 Å². The van der Waals surface area contributed by atoms with Gasteiger partial charge in [-0.3, -0.25) is 0 Å². The van der Waals surface area contributed by atoms with E-state index in [2.05, 4.69) is 10.3 Å². The van der Waals surface area contributed by atoms with Crippen LogP contribution in [0, 0.1) is 5.82 Å². The summed E-state index contributed by atoms with van der Waals surface area (Å²) in [4.78, 5) is 3.89. The standard InChI is InChI=1S/C10H15FN2O/c1-7(8(2)14-3)13-10-9(11)5-4-6-12-10/h4-8H,1-3H3,(H,12,13)/t7-,8?/m1/s1. The number of rotatable bonds is 4. The Morgan fingerprint density at radius 2 is 2.21 bits per heavy atom. The quantitative estimate of drug-likeness (QED) is 0.804. The van der Waals surface area contributed by atoms with E-state index in [-0.39, 0.29) is 23.8 Å². The molecule has 0 aliphatic heterocycles. The highest BCUT2D eigenvalue weighted by molar-refractivity contribution is 5.36. The Morgan fingerprint density at radius 1 is 1.50 bits per heavy atom. The molecular formula is C10H15FN2O.